The molecule has 0 saturated carbocycles. The Hall–Kier alpha value is -3.26. The molecule has 0 aliphatic rings. The Morgan fingerprint density at radius 1 is 1.15 bits per heavy atom. The summed E-state index contributed by atoms with van der Waals surface area (Å²) in [5, 5.41) is 18.7. The van der Waals surface area contributed by atoms with Gasteiger partial charge in [0.2, 0.25) is 0 Å². The third-order valence-electron chi connectivity index (χ3n) is 3.67. The second kappa shape index (κ2) is 9.44. The molecule has 2 aromatic heterocycles. The van der Waals surface area contributed by atoms with Crippen molar-refractivity contribution in [3.63, 3.8) is 0 Å². The number of aryl methyl sites for hydroxylation is 2. The van der Waals surface area contributed by atoms with Crippen LogP contribution < -0.4 is 0 Å². The number of H-pyrrole nitrogens is 1. The van der Waals surface area contributed by atoms with Gasteiger partial charge in [-0.25, -0.2) is 14.6 Å². The maximum Gasteiger partial charge on any atom is 0.328 e. The SMILES string of the molecule is Cc1[nH]cnc1CCC(=O)c1csc2ccccc12.O=C(O)/C=C\C(=O)O. The van der Waals surface area contributed by atoms with E-state index in [-0.39, 0.29) is 5.78 Å². The monoisotopic (exact) mass is 386 g/mol. The van der Waals surface area contributed by atoms with Gasteiger partial charge in [0.25, 0.3) is 0 Å². The summed E-state index contributed by atoms with van der Waals surface area (Å²) < 4.78 is 1.17. The average Bonchev–Trinajstić information content (AvgIpc) is 3.24. The molecule has 1 aromatic carbocycles. The van der Waals surface area contributed by atoms with Crippen molar-refractivity contribution in [2.24, 2.45) is 0 Å². The summed E-state index contributed by atoms with van der Waals surface area (Å²) >= 11 is 1.63. The minimum atomic E-state index is -1.26. The number of carbonyl (C=O) groups is 3. The van der Waals surface area contributed by atoms with Crippen LogP contribution in [0.3, 0.4) is 0 Å². The Bertz CT molecular complexity index is 971. The Morgan fingerprint density at radius 3 is 2.41 bits per heavy atom. The second-order valence-electron chi connectivity index (χ2n) is 5.55. The number of carboxylic acid groups (broad SMARTS) is 2. The van der Waals surface area contributed by atoms with Crippen molar-refractivity contribution in [1.82, 2.24) is 9.97 Å². The first-order valence-corrected chi connectivity index (χ1v) is 8.88. The van der Waals surface area contributed by atoms with E-state index >= 15 is 0 Å². The Labute approximate surface area is 159 Å². The number of imidazole rings is 1. The standard InChI is InChI=1S/C15H14N2OS.C4H4O4/c1-10-13(17-9-16-10)6-7-14(18)12-8-19-15-5-3-2-4-11(12)15;5-3(6)1-2-4(7)8/h2-5,8-9H,6-7H2,1H3,(H,16,17);1-2H,(H,5,6)(H,7,8)/b;2-1-. The molecule has 27 heavy (non-hydrogen) atoms. The van der Waals surface area contributed by atoms with Gasteiger partial charge in [-0.05, 0) is 19.4 Å². The van der Waals surface area contributed by atoms with Crippen LogP contribution in [0.5, 0.6) is 0 Å². The predicted molar refractivity (Wildman–Crippen MR) is 102 cm³/mol. The molecular weight excluding hydrogens is 368 g/mol. The lowest BCUT2D eigenvalue weighted by Crippen LogP contribution is -2.01. The number of ketones is 1. The second-order valence-corrected chi connectivity index (χ2v) is 6.46. The van der Waals surface area contributed by atoms with Crippen molar-refractivity contribution in [2.45, 2.75) is 19.8 Å². The smallest absolute Gasteiger partial charge is 0.328 e. The molecule has 0 unspecified atom stereocenters. The maximum atomic E-state index is 12.3. The summed E-state index contributed by atoms with van der Waals surface area (Å²) in [4.78, 5) is 38.7. The van der Waals surface area contributed by atoms with Crippen molar-refractivity contribution >= 4 is 39.1 Å². The first-order valence-electron chi connectivity index (χ1n) is 8.00. The number of Topliss-reactive ketones (excluding diaryl/α,β-unsaturated/α-hetero) is 1. The minimum Gasteiger partial charge on any atom is -0.478 e. The summed E-state index contributed by atoms with van der Waals surface area (Å²) in [5.74, 6) is -2.32. The van der Waals surface area contributed by atoms with Gasteiger partial charge in [0.1, 0.15) is 0 Å². The van der Waals surface area contributed by atoms with Gasteiger partial charge in [0.15, 0.2) is 5.78 Å². The summed E-state index contributed by atoms with van der Waals surface area (Å²) in [6, 6.07) is 8.04. The van der Waals surface area contributed by atoms with E-state index in [1.54, 1.807) is 17.7 Å². The Balaban J connectivity index is 0.000000279. The molecule has 8 heteroatoms. The molecule has 2 heterocycles. The van der Waals surface area contributed by atoms with Gasteiger partial charge in [0, 0.05) is 45.3 Å². The Morgan fingerprint density at radius 2 is 1.81 bits per heavy atom. The maximum absolute atomic E-state index is 12.3. The van der Waals surface area contributed by atoms with Crippen LogP contribution in [0.1, 0.15) is 28.2 Å². The highest BCUT2D eigenvalue weighted by atomic mass is 32.1. The lowest BCUT2D eigenvalue weighted by atomic mass is 10.0. The number of nitrogens with zero attached hydrogens (tertiary/aromatic N) is 1. The fourth-order valence-corrected chi connectivity index (χ4v) is 3.31. The lowest BCUT2D eigenvalue weighted by molar-refractivity contribution is -0.134. The first-order chi connectivity index (χ1) is 12.9. The van der Waals surface area contributed by atoms with Crippen LogP contribution in [0.4, 0.5) is 0 Å². The van der Waals surface area contributed by atoms with Gasteiger partial charge in [-0.15, -0.1) is 11.3 Å². The lowest BCUT2D eigenvalue weighted by Gasteiger charge is -1.99. The summed E-state index contributed by atoms with van der Waals surface area (Å²) in [7, 11) is 0. The minimum absolute atomic E-state index is 0.194. The molecule has 7 nitrogen and oxygen atoms in total. The third kappa shape index (κ3) is 5.89. The van der Waals surface area contributed by atoms with Gasteiger partial charge >= 0.3 is 11.9 Å². The van der Waals surface area contributed by atoms with E-state index in [1.807, 2.05) is 30.5 Å². The molecule has 0 saturated heterocycles. The number of benzene rings is 1. The first kappa shape index (κ1) is 20.1. The van der Waals surface area contributed by atoms with Crippen LogP contribution in [-0.2, 0) is 16.0 Å². The van der Waals surface area contributed by atoms with Crippen molar-refractivity contribution < 1.29 is 24.6 Å². The number of fused-ring (bicyclic) bond motifs is 1. The zero-order valence-corrected chi connectivity index (χ0v) is 15.3. The number of rotatable bonds is 6. The summed E-state index contributed by atoms with van der Waals surface area (Å²) in [5.41, 5.74) is 2.87. The van der Waals surface area contributed by atoms with Gasteiger partial charge in [0.05, 0.1) is 12.0 Å². The van der Waals surface area contributed by atoms with E-state index in [0.29, 0.717) is 25.0 Å². The van der Waals surface area contributed by atoms with Crippen molar-refractivity contribution in [3.8, 4) is 0 Å². The van der Waals surface area contributed by atoms with Gasteiger partial charge in [-0.3, -0.25) is 4.79 Å². The number of carbonyl (C=O) groups excluding carboxylic acids is 1. The quantitative estimate of drug-likeness (QED) is 0.441. The van der Waals surface area contributed by atoms with Gasteiger partial charge < -0.3 is 15.2 Å². The fourth-order valence-electron chi connectivity index (χ4n) is 2.34. The molecule has 0 aliphatic heterocycles. The molecule has 0 atom stereocenters. The zero-order valence-electron chi connectivity index (χ0n) is 14.5. The molecule has 3 aromatic rings. The van der Waals surface area contributed by atoms with Gasteiger partial charge in [-0.2, -0.15) is 0 Å². The largest absolute Gasteiger partial charge is 0.478 e. The fraction of sp³-hybridized carbons (Fsp3) is 0.158. The van der Waals surface area contributed by atoms with Crippen LogP contribution in [0.15, 0.2) is 48.1 Å². The van der Waals surface area contributed by atoms with Crippen molar-refractivity contribution in [3.05, 3.63) is 65.1 Å². The molecule has 3 rings (SSSR count). The van der Waals surface area contributed by atoms with Gasteiger partial charge in [-0.1, -0.05) is 18.2 Å². The van der Waals surface area contributed by atoms with E-state index in [2.05, 4.69) is 16.0 Å². The molecule has 3 N–H and O–H groups in total. The topological polar surface area (TPSA) is 120 Å². The van der Waals surface area contributed by atoms with Crippen LogP contribution in [-0.4, -0.2) is 37.9 Å². The number of aromatic amines is 1. The zero-order chi connectivity index (χ0) is 19.8. The van der Waals surface area contributed by atoms with E-state index in [9.17, 15) is 14.4 Å². The molecule has 140 valence electrons. The predicted octanol–water partition coefficient (Wildman–Crippen LogP) is 3.46. The number of aromatic nitrogens is 2. The molecule has 0 radical (unpaired) electrons. The van der Waals surface area contributed by atoms with E-state index in [4.69, 9.17) is 10.2 Å². The number of carboxylic acids is 2. The molecule has 0 aliphatic carbocycles. The van der Waals surface area contributed by atoms with Crippen LogP contribution in [0.2, 0.25) is 0 Å². The van der Waals surface area contributed by atoms with Crippen LogP contribution in [0, 0.1) is 6.92 Å². The summed E-state index contributed by atoms with van der Waals surface area (Å²) in [6.07, 6.45) is 3.99. The molecule has 0 spiro atoms. The van der Waals surface area contributed by atoms with E-state index in [0.717, 1.165) is 22.3 Å². The molecule has 0 fully saturated rings. The number of hydrogen-bond acceptors (Lipinski definition) is 5. The van der Waals surface area contributed by atoms with Crippen molar-refractivity contribution in [1.29, 1.82) is 0 Å². The highest BCUT2D eigenvalue weighted by Gasteiger charge is 2.13. The number of thiophene rings is 1. The molecule has 0 amide bonds. The molecule has 0 bridgehead atoms. The normalized spacial score (nSPS) is 10.6. The third-order valence-corrected chi connectivity index (χ3v) is 4.64. The number of hydrogen-bond donors (Lipinski definition) is 3. The highest BCUT2D eigenvalue weighted by Crippen LogP contribution is 2.26. The van der Waals surface area contributed by atoms with E-state index in [1.165, 1.54) is 4.70 Å². The number of aliphatic carboxylic acids is 2. The van der Waals surface area contributed by atoms with E-state index < -0.39 is 11.9 Å². The van der Waals surface area contributed by atoms with Crippen molar-refractivity contribution in [2.75, 3.05) is 0 Å². The average molecular weight is 386 g/mol. The Kier molecular flexibility index (Phi) is 7.01. The summed E-state index contributed by atoms with van der Waals surface area (Å²) in [6.45, 7) is 1.98. The van der Waals surface area contributed by atoms with Crippen LogP contribution in [0.25, 0.3) is 10.1 Å². The van der Waals surface area contributed by atoms with Crippen LogP contribution >= 0.6 is 11.3 Å². The number of nitrogens with one attached hydrogen (secondary N) is 1. The highest BCUT2D eigenvalue weighted by molar-refractivity contribution is 7.17. The molecular formula is C19H18N2O5S.